The molecular weight excluding hydrogens is 453 g/mol. The lowest BCUT2D eigenvalue weighted by Crippen LogP contribution is -2.53. The molecule has 2 heterocycles. The number of benzene rings is 1. The topological polar surface area (TPSA) is 84.0 Å². The molecule has 11 heteroatoms. The molecule has 0 atom stereocenters. The number of pyridine rings is 1. The van der Waals surface area contributed by atoms with E-state index in [2.05, 4.69) is 15.0 Å². The predicted octanol–water partition coefficient (Wildman–Crippen LogP) is 3.02. The number of methoxy groups -OCH3 is 1. The number of amides is 3. The molecule has 0 spiro atoms. The minimum atomic E-state index is -4.45. The van der Waals surface area contributed by atoms with Crippen molar-refractivity contribution in [1.82, 2.24) is 20.1 Å². The van der Waals surface area contributed by atoms with Gasteiger partial charge in [-0.25, -0.2) is 9.78 Å². The third-order valence-electron chi connectivity index (χ3n) is 5.33. The van der Waals surface area contributed by atoms with E-state index in [0.717, 1.165) is 11.3 Å². The number of urea groups is 1. The maximum Gasteiger partial charge on any atom is 0.422 e. The summed E-state index contributed by atoms with van der Waals surface area (Å²) >= 11 is 0. The predicted molar refractivity (Wildman–Crippen MR) is 117 cm³/mol. The molecule has 0 aliphatic carbocycles. The van der Waals surface area contributed by atoms with Gasteiger partial charge < -0.3 is 24.6 Å². The van der Waals surface area contributed by atoms with Gasteiger partial charge in [0.15, 0.2) is 6.61 Å². The second kappa shape index (κ2) is 11.6. The zero-order valence-electron chi connectivity index (χ0n) is 18.8. The van der Waals surface area contributed by atoms with Crippen LogP contribution >= 0.6 is 0 Å². The summed E-state index contributed by atoms with van der Waals surface area (Å²) in [6.45, 7) is 0.371. The Bertz CT molecular complexity index is 961. The van der Waals surface area contributed by atoms with Crippen LogP contribution in [0.5, 0.6) is 11.6 Å². The fourth-order valence-corrected chi connectivity index (χ4v) is 3.45. The number of alkyl halides is 3. The Morgan fingerprint density at radius 2 is 1.71 bits per heavy atom. The van der Waals surface area contributed by atoms with Crippen molar-refractivity contribution < 1.29 is 32.2 Å². The SMILES string of the molecule is COc1ccc(CCC(=O)N2CCN(C(=O)NCc3ccnc(OCC(F)(F)F)c3)CC2)cc1. The number of hydrogen-bond acceptors (Lipinski definition) is 5. The van der Waals surface area contributed by atoms with Gasteiger partial charge in [0.2, 0.25) is 11.8 Å². The number of aryl methyl sites for hydroxylation is 1. The van der Waals surface area contributed by atoms with Gasteiger partial charge in [-0.15, -0.1) is 0 Å². The summed E-state index contributed by atoms with van der Waals surface area (Å²) in [5.41, 5.74) is 1.61. The minimum absolute atomic E-state index is 0.0408. The van der Waals surface area contributed by atoms with E-state index >= 15 is 0 Å². The maximum absolute atomic E-state index is 12.5. The van der Waals surface area contributed by atoms with Crippen LogP contribution in [0.15, 0.2) is 42.6 Å². The second-order valence-corrected chi connectivity index (χ2v) is 7.78. The summed E-state index contributed by atoms with van der Waals surface area (Å²) in [6, 6.07) is 10.2. The van der Waals surface area contributed by atoms with Gasteiger partial charge in [-0.2, -0.15) is 13.2 Å². The van der Waals surface area contributed by atoms with Crippen LogP contribution in [0.25, 0.3) is 0 Å². The molecule has 1 aliphatic rings. The Hall–Kier alpha value is -3.50. The third kappa shape index (κ3) is 7.82. The zero-order valence-corrected chi connectivity index (χ0v) is 18.8. The maximum atomic E-state index is 12.5. The number of hydrogen-bond donors (Lipinski definition) is 1. The van der Waals surface area contributed by atoms with Gasteiger partial charge in [-0.3, -0.25) is 4.79 Å². The summed E-state index contributed by atoms with van der Waals surface area (Å²) in [6.07, 6.45) is -2.11. The number of aromatic nitrogens is 1. The molecule has 2 aromatic rings. The summed E-state index contributed by atoms with van der Waals surface area (Å²) in [5, 5.41) is 2.74. The largest absolute Gasteiger partial charge is 0.497 e. The first kappa shape index (κ1) is 25.1. The molecule has 0 bridgehead atoms. The average molecular weight is 480 g/mol. The van der Waals surface area contributed by atoms with Crippen molar-refractivity contribution >= 4 is 11.9 Å². The van der Waals surface area contributed by atoms with Crippen molar-refractivity contribution in [1.29, 1.82) is 0 Å². The molecule has 1 aromatic carbocycles. The van der Waals surface area contributed by atoms with Crippen molar-refractivity contribution in [3.8, 4) is 11.6 Å². The number of ether oxygens (including phenoxy) is 2. The zero-order chi connectivity index (χ0) is 24.6. The Labute approximate surface area is 195 Å². The van der Waals surface area contributed by atoms with Crippen molar-refractivity contribution in [2.75, 3.05) is 39.9 Å². The van der Waals surface area contributed by atoms with E-state index < -0.39 is 12.8 Å². The van der Waals surface area contributed by atoms with Crippen molar-refractivity contribution in [3.63, 3.8) is 0 Å². The summed E-state index contributed by atoms with van der Waals surface area (Å²) < 4.78 is 46.6. The van der Waals surface area contributed by atoms with Gasteiger partial charge in [0.05, 0.1) is 7.11 Å². The summed E-state index contributed by atoms with van der Waals surface area (Å²) in [7, 11) is 1.60. The molecule has 1 N–H and O–H groups in total. The van der Waals surface area contributed by atoms with Gasteiger partial charge >= 0.3 is 12.2 Å². The highest BCUT2D eigenvalue weighted by atomic mass is 19.4. The summed E-state index contributed by atoms with van der Waals surface area (Å²) in [4.78, 5) is 32.1. The normalized spacial score (nSPS) is 14.0. The van der Waals surface area contributed by atoms with Crippen LogP contribution in [0.2, 0.25) is 0 Å². The van der Waals surface area contributed by atoms with Gasteiger partial charge in [0.25, 0.3) is 0 Å². The third-order valence-corrected chi connectivity index (χ3v) is 5.33. The number of carbonyl (C=O) groups excluding carboxylic acids is 2. The van der Waals surface area contributed by atoms with E-state index in [1.807, 2.05) is 24.3 Å². The highest BCUT2D eigenvalue weighted by Gasteiger charge is 2.28. The molecule has 34 heavy (non-hydrogen) atoms. The van der Waals surface area contributed by atoms with Crippen LogP contribution in [0.3, 0.4) is 0 Å². The Kier molecular flexibility index (Phi) is 8.55. The molecule has 184 valence electrons. The monoisotopic (exact) mass is 480 g/mol. The van der Waals surface area contributed by atoms with Crippen molar-refractivity contribution in [3.05, 3.63) is 53.7 Å². The van der Waals surface area contributed by atoms with Crippen molar-refractivity contribution in [2.45, 2.75) is 25.6 Å². The molecule has 1 aromatic heterocycles. The quantitative estimate of drug-likeness (QED) is 0.628. The van der Waals surface area contributed by atoms with Crippen molar-refractivity contribution in [2.24, 2.45) is 0 Å². The summed E-state index contributed by atoms with van der Waals surface area (Å²) in [5.74, 6) is 0.647. The number of rotatable bonds is 8. The van der Waals surface area contributed by atoms with E-state index in [1.165, 1.54) is 12.3 Å². The fourth-order valence-electron chi connectivity index (χ4n) is 3.45. The Balaban J connectivity index is 1.39. The number of piperazine rings is 1. The van der Waals surface area contributed by atoms with Crippen LogP contribution < -0.4 is 14.8 Å². The molecule has 3 rings (SSSR count). The van der Waals surface area contributed by atoms with Crippen LogP contribution in [0, 0.1) is 0 Å². The molecule has 0 unspecified atom stereocenters. The lowest BCUT2D eigenvalue weighted by Gasteiger charge is -2.34. The van der Waals surface area contributed by atoms with E-state index in [9.17, 15) is 22.8 Å². The van der Waals surface area contributed by atoms with E-state index in [1.54, 1.807) is 23.0 Å². The number of halogens is 3. The molecule has 1 aliphatic heterocycles. The van der Waals surface area contributed by atoms with Gasteiger partial charge in [-0.1, -0.05) is 12.1 Å². The minimum Gasteiger partial charge on any atom is -0.497 e. The van der Waals surface area contributed by atoms with Gasteiger partial charge in [0.1, 0.15) is 5.75 Å². The lowest BCUT2D eigenvalue weighted by atomic mass is 10.1. The smallest absolute Gasteiger partial charge is 0.422 e. The lowest BCUT2D eigenvalue weighted by molar-refractivity contribution is -0.154. The van der Waals surface area contributed by atoms with E-state index in [0.29, 0.717) is 44.6 Å². The molecule has 3 amide bonds. The first-order valence-electron chi connectivity index (χ1n) is 10.8. The van der Waals surface area contributed by atoms with E-state index in [4.69, 9.17) is 4.74 Å². The average Bonchev–Trinajstić information content (AvgIpc) is 2.85. The number of nitrogens with zero attached hydrogens (tertiary/aromatic N) is 3. The first-order chi connectivity index (χ1) is 16.2. The standard InChI is InChI=1S/C23H27F3N4O4/c1-33-19-5-2-17(3-6-19)4-7-21(31)29-10-12-30(13-11-29)22(32)28-15-18-8-9-27-20(14-18)34-16-23(24,25)26/h2-3,5-6,8-9,14H,4,7,10-13,15-16H2,1H3,(H,28,32). The Morgan fingerprint density at radius 3 is 2.35 bits per heavy atom. The molecule has 8 nitrogen and oxygen atoms in total. The molecule has 1 fully saturated rings. The van der Waals surface area contributed by atoms with Crippen LogP contribution in [0.4, 0.5) is 18.0 Å². The molecule has 1 saturated heterocycles. The number of carbonyl (C=O) groups is 2. The van der Waals surface area contributed by atoms with Gasteiger partial charge in [-0.05, 0) is 35.7 Å². The van der Waals surface area contributed by atoms with Gasteiger partial charge in [0, 0.05) is 51.4 Å². The van der Waals surface area contributed by atoms with Crippen LogP contribution in [-0.4, -0.2) is 72.8 Å². The van der Waals surface area contributed by atoms with Crippen LogP contribution in [-0.2, 0) is 17.8 Å². The van der Waals surface area contributed by atoms with E-state index in [-0.39, 0.29) is 24.4 Å². The fraction of sp³-hybridized carbons (Fsp3) is 0.435. The number of nitrogens with one attached hydrogen (secondary N) is 1. The second-order valence-electron chi connectivity index (χ2n) is 7.78. The highest BCUT2D eigenvalue weighted by Crippen LogP contribution is 2.18. The molecule has 0 radical (unpaired) electrons. The first-order valence-corrected chi connectivity index (χ1v) is 10.8. The Morgan fingerprint density at radius 1 is 1.03 bits per heavy atom. The molecule has 0 saturated carbocycles. The van der Waals surface area contributed by atoms with Crippen LogP contribution in [0.1, 0.15) is 17.5 Å². The molecular formula is C23H27F3N4O4. The highest BCUT2D eigenvalue weighted by molar-refractivity contribution is 5.78.